The zero-order chi connectivity index (χ0) is 17.8. The Morgan fingerprint density at radius 2 is 2.04 bits per heavy atom. The molecule has 3 rings (SSSR count). The third-order valence-electron chi connectivity index (χ3n) is 4.15. The lowest BCUT2D eigenvalue weighted by atomic mass is 10.0. The summed E-state index contributed by atoms with van der Waals surface area (Å²) in [6.07, 6.45) is 1.09. The SMILES string of the molecule is COc1cc(CNC2CCSc3ccc(F)cc32)ccc1OC(C)C. The van der Waals surface area contributed by atoms with Crippen LogP contribution in [0.5, 0.6) is 11.5 Å². The van der Waals surface area contributed by atoms with Gasteiger partial charge in [-0.3, -0.25) is 0 Å². The molecule has 0 radical (unpaired) electrons. The quantitative estimate of drug-likeness (QED) is 0.789. The van der Waals surface area contributed by atoms with Gasteiger partial charge in [-0.25, -0.2) is 4.39 Å². The van der Waals surface area contributed by atoms with Gasteiger partial charge in [0.05, 0.1) is 13.2 Å². The average Bonchev–Trinajstić information content (AvgIpc) is 2.60. The van der Waals surface area contributed by atoms with E-state index in [2.05, 4.69) is 5.32 Å². The molecule has 134 valence electrons. The Morgan fingerprint density at radius 1 is 1.20 bits per heavy atom. The second kappa shape index (κ2) is 8.11. The van der Waals surface area contributed by atoms with Crippen LogP contribution in [0.2, 0.25) is 0 Å². The molecule has 1 aliphatic rings. The van der Waals surface area contributed by atoms with Crippen LogP contribution in [0.3, 0.4) is 0 Å². The highest BCUT2D eigenvalue weighted by Gasteiger charge is 2.21. The minimum absolute atomic E-state index is 0.101. The van der Waals surface area contributed by atoms with E-state index in [9.17, 15) is 4.39 Å². The molecule has 5 heteroatoms. The molecule has 0 amide bonds. The lowest BCUT2D eigenvalue weighted by Crippen LogP contribution is -2.24. The van der Waals surface area contributed by atoms with Crippen molar-refractivity contribution in [2.75, 3.05) is 12.9 Å². The maximum Gasteiger partial charge on any atom is 0.161 e. The Balaban J connectivity index is 1.71. The van der Waals surface area contributed by atoms with Gasteiger partial charge >= 0.3 is 0 Å². The molecule has 0 aliphatic carbocycles. The third kappa shape index (κ3) is 4.47. The van der Waals surface area contributed by atoms with Crippen molar-refractivity contribution in [3.8, 4) is 11.5 Å². The molecule has 0 saturated heterocycles. The van der Waals surface area contributed by atoms with E-state index in [0.29, 0.717) is 6.54 Å². The van der Waals surface area contributed by atoms with Crippen molar-refractivity contribution in [2.45, 2.75) is 43.9 Å². The van der Waals surface area contributed by atoms with Crippen molar-refractivity contribution in [1.29, 1.82) is 0 Å². The third-order valence-corrected chi connectivity index (χ3v) is 5.28. The molecule has 1 atom stereocenters. The normalized spacial score (nSPS) is 16.6. The van der Waals surface area contributed by atoms with E-state index in [1.165, 1.54) is 11.0 Å². The predicted octanol–water partition coefficient (Wildman–Crippen LogP) is 4.95. The molecule has 0 fully saturated rings. The topological polar surface area (TPSA) is 30.5 Å². The lowest BCUT2D eigenvalue weighted by molar-refractivity contribution is 0.230. The summed E-state index contributed by atoms with van der Waals surface area (Å²) in [7, 11) is 1.65. The summed E-state index contributed by atoms with van der Waals surface area (Å²) in [4.78, 5) is 1.17. The Kier molecular flexibility index (Phi) is 5.86. The molecule has 0 aromatic heterocycles. The maximum atomic E-state index is 13.6. The Hall–Kier alpha value is -1.72. The highest BCUT2D eigenvalue weighted by atomic mass is 32.2. The predicted molar refractivity (Wildman–Crippen MR) is 100 cm³/mol. The number of methoxy groups -OCH3 is 1. The number of halogens is 1. The van der Waals surface area contributed by atoms with E-state index in [1.54, 1.807) is 24.9 Å². The maximum absolute atomic E-state index is 13.6. The zero-order valence-corrected chi connectivity index (χ0v) is 15.7. The van der Waals surface area contributed by atoms with Crippen LogP contribution in [0, 0.1) is 5.82 Å². The number of nitrogens with one attached hydrogen (secondary N) is 1. The molecule has 1 unspecified atom stereocenters. The first-order valence-corrected chi connectivity index (χ1v) is 9.54. The monoisotopic (exact) mass is 361 g/mol. The first-order valence-electron chi connectivity index (χ1n) is 8.56. The van der Waals surface area contributed by atoms with E-state index in [4.69, 9.17) is 9.47 Å². The smallest absolute Gasteiger partial charge is 0.161 e. The lowest BCUT2D eigenvalue weighted by Gasteiger charge is -2.26. The van der Waals surface area contributed by atoms with Gasteiger partial charge in [-0.1, -0.05) is 6.07 Å². The molecular weight excluding hydrogens is 337 g/mol. The average molecular weight is 361 g/mol. The fourth-order valence-corrected chi connectivity index (χ4v) is 4.10. The van der Waals surface area contributed by atoms with E-state index in [0.717, 1.165) is 34.8 Å². The van der Waals surface area contributed by atoms with Crippen LogP contribution in [-0.4, -0.2) is 19.0 Å². The summed E-state index contributed by atoms with van der Waals surface area (Å²) in [5.74, 6) is 2.35. The first-order chi connectivity index (χ1) is 12.1. The van der Waals surface area contributed by atoms with Gasteiger partial charge in [0.15, 0.2) is 11.5 Å². The van der Waals surface area contributed by atoms with Crippen LogP contribution in [0.15, 0.2) is 41.3 Å². The number of ether oxygens (including phenoxy) is 2. The number of hydrogen-bond acceptors (Lipinski definition) is 4. The molecule has 0 saturated carbocycles. The van der Waals surface area contributed by atoms with Gasteiger partial charge in [0, 0.05) is 17.5 Å². The van der Waals surface area contributed by atoms with Crippen LogP contribution >= 0.6 is 11.8 Å². The molecule has 1 N–H and O–H groups in total. The number of fused-ring (bicyclic) bond motifs is 1. The molecule has 0 bridgehead atoms. The highest BCUT2D eigenvalue weighted by Crippen LogP contribution is 2.37. The van der Waals surface area contributed by atoms with Crippen LogP contribution in [0.25, 0.3) is 0 Å². The van der Waals surface area contributed by atoms with Crippen molar-refractivity contribution in [3.63, 3.8) is 0 Å². The summed E-state index contributed by atoms with van der Waals surface area (Å²) in [5.41, 5.74) is 2.17. The van der Waals surface area contributed by atoms with Crippen LogP contribution < -0.4 is 14.8 Å². The minimum atomic E-state index is -0.176. The second-order valence-corrected chi connectivity index (χ2v) is 7.54. The van der Waals surface area contributed by atoms with Crippen molar-refractivity contribution >= 4 is 11.8 Å². The van der Waals surface area contributed by atoms with E-state index in [-0.39, 0.29) is 18.0 Å². The second-order valence-electron chi connectivity index (χ2n) is 6.40. The van der Waals surface area contributed by atoms with E-state index in [1.807, 2.05) is 38.1 Å². The van der Waals surface area contributed by atoms with Gasteiger partial charge in [-0.05, 0) is 67.5 Å². The molecule has 2 aromatic carbocycles. The largest absolute Gasteiger partial charge is 0.493 e. The van der Waals surface area contributed by atoms with Gasteiger partial charge in [-0.15, -0.1) is 11.8 Å². The van der Waals surface area contributed by atoms with Gasteiger partial charge < -0.3 is 14.8 Å². The van der Waals surface area contributed by atoms with E-state index < -0.39 is 0 Å². The van der Waals surface area contributed by atoms with Gasteiger partial charge in [0.25, 0.3) is 0 Å². The van der Waals surface area contributed by atoms with Crippen molar-refractivity contribution in [3.05, 3.63) is 53.3 Å². The van der Waals surface area contributed by atoms with Crippen molar-refractivity contribution < 1.29 is 13.9 Å². The minimum Gasteiger partial charge on any atom is -0.493 e. The van der Waals surface area contributed by atoms with E-state index >= 15 is 0 Å². The molecule has 0 spiro atoms. The fraction of sp³-hybridized carbons (Fsp3) is 0.400. The molecule has 3 nitrogen and oxygen atoms in total. The summed E-state index contributed by atoms with van der Waals surface area (Å²) in [6, 6.07) is 11.2. The molecule has 25 heavy (non-hydrogen) atoms. The summed E-state index contributed by atoms with van der Waals surface area (Å²) in [6.45, 7) is 4.68. The number of hydrogen-bond donors (Lipinski definition) is 1. The summed E-state index contributed by atoms with van der Waals surface area (Å²) < 4.78 is 24.8. The van der Waals surface area contributed by atoms with Gasteiger partial charge in [0.1, 0.15) is 5.82 Å². The van der Waals surface area contributed by atoms with Crippen LogP contribution in [0.1, 0.15) is 37.4 Å². The molecule has 1 heterocycles. The van der Waals surface area contributed by atoms with Crippen molar-refractivity contribution in [2.24, 2.45) is 0 Å². The molecule has 2 aromatic rings. The standard InChI is InChI=1S/C20H24FNO2S/c1-13(2)24-18-6-4-14(10-19(18)23-3)12-22-17-8-9-25-20-7-5-15(21)11-16(17)20/h4-7,10-11,13,17,22H,8-9,12H2,1-3H3. The van der Waals surface area contributed by atoms with Crippen LogP contribution in [0.4, 0.5) is 4.39 Å². The number of rotatable bonds is 6. The number of benzene rings is 2. The Morgan fingerprint density at radius 3 is 2.80 bits per heavy atom. The fourth-order valence-electron chi connectivity index (χ4n) is 2.99. The first kappa shape index (κ1) is 18.1. The summed E-state index contributed by atoms with van der Waals surface area (Å²) in [5, 5.41) is 3.56. The van der Waals surface area contributed by atoms with Gasteiger partial charge in [-0.2, -0.15) is 0 Å². The zero-order valence-electron chi connectivity index (χ0n) is 14.8. The number of thioether (sulfide) groups is 1. The Bertz CT molecular complexity index is 736. The summed E-state index contributed by atoms with van der Waals surface area (Å²) >= 11 is 1.79. The molecule has 1 aliphatic heterocycles. The van der Waals surface area contributed by atoms with Gasteiger partial charge in [0.2, 0.25) is 0 Å². The highest BCUT2D eigenvalue weighted by molar-refractivity contribution is 7.99. The van der Waals surface area contributed by atoms with Crippen LogP contribution in [-0.2, 0) is 6.54 Å². The Labute approximate surface area is 152 Å². The van der Waals surface area contributed by atoms with Crippen molar-refractivity contribution in [1.82, 2.24) is 5.32 Å². The molecular formula is C20H24FNO2S.